The second-order valence-corrected chi connectivity index (χ2v) is 7.00. The maximum Gasteiger partial charge on any atom is 0.101 e. The number of hydrogen-bond acceptors (Lipinski definition) is 1. The van der Waals surface area contributed by atoms with Crippen molar-refractivity contribution in [2.24, 2.45) is 0 Å². The number of hydrogen-bond donors (Lipinski definition) is 0. The summed E-state index contributed by atoms with van der Waals surface area (Å²) < 4.78 is 1.23. The van der Waals surface area contributed by atoms with E-state index in [-0.39, 0.29) is 0 Å². The largest absolute Gasteiger partial charge is 0.323 e. The summed E-state index contributed by atoms with van der Waals surface area (Å²) in [7, 11) is 2.42. The summed E-state index contributed by atoms with van der Waals surface area (Å²) in [5.41, 5.74) is 2.97. The molecular formula is C17H28NS+. The molecule has 1 saturated heterocycles. The van der Waals surface area contributed by atoms with Gasteiger partial charge in [-0.1, -0.05) is 37.7 Å². The molecule has 0 atom stereocenters. The SMILES string of the molecule is CCCCC1=CC=C(C[N+]2(C)CCCCC2)CC1=S. The first-order chi connectivity index (χ1) is 9.13. The van der Waals surface area contributed by atoms with E-state index in [0.29, 0.717) is 0 Å². The summed E-state index contributed by atoms with van der Waals surface area (Å²) in [5.74, 6) is 0. The Hall–Kier alpha value is -0.470. The van der Waals surface area contributed by atoms with Crippen LogP contribution in [0.5, 0.6) is 0 Å². The molecule has 0 amide bonds. The van der Waals surface area contributed by atoms with E-state index in [2.05, 4.69) is 26.1 Å². The standard InChI is InChI=1S/C17H28NS/c1-3-4-8-16-10-9-15(13-17(16)19)14-18(2)11-6-5-7-12-18/h9-10H,3-8,11-14H2,1-2H3/q+1. The molecule has 1 heterocycles. The van der Waals surface area contributed by atoms with Crippen molar-refractivity contribution in [3.05, 3.63) is 23.3 Å². The van der Waals surface area contributed by atoms with Gasteiger partial charge in [-0.2, -0.15) is 0 Å². The Bertz CT molecular complexity index is 386. The van der Waals surface area contributed by atoms with Gasteiger partial charge in [-0.15, -0.1) is 0 Å². The third-order valence-corrected chi connectivity index (χ3v) is 4.95. The second-order valence-electron chi connectivity index (χ2n) is 6.51. The number of piperidine rings is 1. The lowest BCUT2D eigenvalue weighted by atomic mass is 9.93. The van der Waals surface area contributed by atoms with Gasteiger partial charge in [0.25, 0.3) is 0 Å². The minimum Gasteiger partial charge on any atom is -0.323 e. The van der Waals surface area contributed by atoms with Crippen molar-refractivity contribution in [3.8, 4) is 0 Å². The minimum absolute atomic E-state index is 1.04. The molecule has 0 radical (unpaired) electrons. The monoisotopic (exact) mass is 278 g/mol. The molecule has 1 aliphatic carbocycles. The van der Waals surface area contributed by atoms with Crippen LogP contribution in [0.3, 0.4) is 0 Å². The Morgan fingerprint density at radius 3 is 2.53 bits per heavy atom. The topological polar surface area (TPSA) is 0 Å². The summed E-state index contributed by atoms with van der Waals surface area (Å²) in [4.78, 5) is 1.20. The smallest absolute Gasteiger partial charge is 0.101 e. The van der Waals surface area contributed by atoms with Crippen molar-refractivity contribution in [2.75, 3.05) is 26.7 Å². The molecule has 0 aromatic carbocycles. The molecule has 19 heavy (non-hydrogen) atoms. The predicted molar refractivity (Wildman–Crippen MR) is 87.5 cm³/mol. The van der Waals surface area contributed by atoms with Crippen molar-refractivity contribution >= 4 is 17.1 Å². The van der Waals surface area contributed by atoms with Crippen LogP contribution in [-0.2, 0) is 0 Å². The number of allylic oxidation sites excluding steroid dienone is 3. The summed E-state index contributed by atoms with van der Waals surface area (Å²) >= 11 is 5.61. The highest BCUT2D eigenvalue weighted by Gasteiger charge is 2.27. The number of likely N-dealkylation sites (tertiary alicyclic amines) is 1. The summed E-state index contributed by atoms with van der Waals surface area (Å²) in [6.45, 7) is 6.14. The Morgan fingerprint density at radius 1 is 1.16 bits per heavy atom. The molecular weight excluding hydrogens is 250 g/mol. The van der Waals surface area contributed by atoms with Crippen molar-refractivity contribution in [1.29, 1.82) is 0 Å². The Morgan fingerprint density at radius 2 is 1.89 bits per heavy atom. The highest BCUT2D eigenvalue weighted by Crippen LogP contribution is 2.25. The van der Waals surface area contributed by atoms with E-state index in [9.17, 15) is 0 Å². The molecule has 1 nitrogen and oxygen atoms in total. The minimum atomic E-state index is 1.04. The normalized spacial score (nSPS) is 22.9. The fraction of sp³-hybridized carbons (Fsp3) is 0.706. The molecule has 1 aliphatic heterocycles. The highest BCUT2D eigenvalue weighted by molar-refractivity contribution is 7.80. The van der Waals surface area contributed by atoms with Crippen LogP contribution in [0.15, 0.2) is 23.3 Å². The maximum absolute atomic E-state index is 5.61. The molecule has 0 aromatic rings. The second kappa shape index (κ2) is 6.81. The molecule has 0 N–H and O–H groups in total. The molecule has 0 spiro atoms. The van der Waals surface area contributed by atoms with E-state index < -0.39 is 0 Å². The molecule has 0 unspecified atom stereocenters. The third-order valence-electron chi connectivity index (χ3n) is 4.55. The van der Waals surface area contributed by atoms with Gasteiger partial charge in [0, 0.05) is 11.3 Å². The van der Waals surface area contributed by atoms with Crippen LogP contribution in [0.4, 0.5) is 0 Å². The zero-order valence-corrected chi connectivity index (χ0v) is 13.4. The molecule has 2 heteroatoms. The average molecular weight is 278 g/mol. The van der Waals surface area contributed by atoms with E-state index in [0.717, 1.165) is 6.42 Å². The number of rotatable bonds is 5. The van der Waals surface area contributed by atoms with Gasteiger partial charge in [0.1, 0.15) is 6.54 Å². The molecule has 106 valence electrons. The predicted octanol–water partition coefficient (Wildman–Crippen LogP) is 4.43. The van der Waals surface area contributed by atoms with Crippen LogP contribution >= 0.6 is 12.2 Å². The summed E-state index contributed by atoms with van der Waals surface area (Å²) in [6.07, 6.45) is 13.6. The van der Waals surface area contributed by atoms with Gasteiger partial charge < -0.3 is 4.48 Å². The maximum atomic E-state index is 5.61. The van der Waals surface area contributed by atoms with Crippen LogP contribution in [-0.4, -0.2) is 36.0 Å². The quantitative estimate of drug-likeness (QED) is 0.529. The van der Waals surface area contributed by atoms with Crippen LogP contribution in [0, 0.1) is 0 Å². The first-order valence-corrected chi connectivity index (χ1v) is 8.29. The molecule has 0 bridgehead atoms. The lowest BCUT2D eigenvalue weighted by Gasteiger charge is -2.39. The zero-order valence-electron chi connectivity index (χ0n) is 12.6. The lowest BCUT2D eigenvalue weighted by molar-refractivity contribution is -0.909. The molecule has 0 aromatic heterocycles. The van der Waals surface area contributed by atoms with Crippen molar-refractivity contribution in [2.45, 2.75) is 51.9 Å². The number of thiocarbonyl (C=S) groups is 1. The fourth-order valence-electron chi connectivity index (χ4n) is 3.31. The van der Waals surface area contributed by atoms with Gasteiger partial charge >= 0.3 is 0 Å². The van der Waals surface area contributed by atoms with Gasteiger partial charge in [-0.25, -0.2) is 0 Å². The molecule has 1 fully saturated rings. The zero-order chi connectivity index (χ0) is 13.7. The molecule has 2 rings (SSSR count). The molecule has 0 saturated carbocycles. The summed E-state index contributed by atoms with van der Waals surface area (Å²) in [6, 6.07) is 0. The van der Waals surface area contributed by atoms with Gasteiger partial charge in [-0.05, 0) is 43.3 Å². The fourth-order valence-corrected chi connectivity index (χ4v) is 3.67. The van der Waals surface area contributed by atoms with Gasteiger partial charge in [-0.3, -0.25) is 0 Å². The van der Waals surface area contributed by atoms with Crippen LogP contribution in [0.1, 0.15) is 51.9 Å². The van der Waals surface area contributed by atoms with Gasteiger partial charge in [0.05, 0.1) is 20.1 Å². The number of likely N-dealkylation sites (N-methyl/N-ethyl adjacent to an activating group) is 1. The van der Waals surface area contributed by atoms with Crippen molar-refractivity contribution in [1.82, 2.24) is 0 Å². The Kier molecular flexibility index (Phi) is 5.35. The first-order valence-electron chi connectivity index (χ1n) is 7.88. The number of quaternary nitrogens is 1. The summed E-state index contributed by atoms with van der Waals surface area (Å²) in [5, 5.41) is 0. The Balaban J connectivity index is 1.96. The van der Waals surface area contributed by atoms with E-state index in [1.807, 2.05) is 0 Å². The molecule has 2 aliphatic rings. The van der Waals surface area contributed by atoms with E-state index in [4.69, 9.17) is 12.2 Å². The van der Waals surface area contributed by atoms with Crippen LogP contribution < -0.4 is 0 Å². The Labute approximate surface area is 124 Å². The highest BCUT2D eigenvalue weighted by atomic mass is 32.1. The van der Waals surface area contributed by atoms with Crippen molar-refractivity contribution in [3.63, 3.8) is 0 Å². The lowest BCUT2D eigenvalue weighted by Crippen LogP contribution is -2.49. The van der Waals surface area contributed by atoms with Crippen LogP contribution in [0.25, 0.3) is 0 Å². The number of unbranched alkanes of at least 4 members (excludes halogenated alkanes) is 1. The van der Waals surface area contributed by atoms with E-state index >= 15 is 0 Å². The number of nitrogens with zero attached hydrogens (tertiary/aromatic N) is 1. The first kappa shape index (κ1) is 14.9. The third kappa shape index (κ3) is 4.25. The van der Waals surface area contributed by atoms with E-state index in [1.54, 1.807) is 5.57 Å². The van der Waals surface area contributed by atoms with Crippen LogP contribution in [0.2, 0.25) is 0 Å². The van der Waals surface area contributed by atoms with Crippen molar-refractivity contribution < 1.29 is 4.48 Å². The average Bonchev–Trinajstić information content (AvgIpc) is 2.38. The van der Waals surface area contributed by atoms with Gasteiger partial charge in [0.2, 0.25) is 0 Å². The van der Waals surface area contributed by atoms with Gasteiger partial charge in [0.15, 0.2) is 0 Å². The van der Waals surface area contributed by atoms with E-state index in [1.165, 1.54) is 73.1 Å².